The van der Waals surface area contributed by atoms with Crippen LogP contribution < -0.4 is 0 Å². The second-order valence-corrected chi connectivity index (χ2v) is 3.52. The Balaban J connectivity index is 4.61. The summed E-state index contributed by atoms with van der Waals surface area (Å²) in [4.78, 5) is 0. The Morgan fingerprint density at radius 1 is 1.24 bits per heavy atom. The van der Waals surface area contributed by atoms with Gasteiger partial charge in [0.2, 0.25) is 0 Å². The number of hydrazone groups is 1. The van der Waals surface area contributed by atoms with Crippen LogP contribution in [0.2, 0.25) is 0 Å². The Morgan fingerprint density at radius 3 is 2.35 bits per heavy atom. The molecule has 0 N–H and O–H groups in total. The average Bonchev–Trinajstić information content (AvgIpc) is 2.37. The van der Waals surface area contributed by atoms with Crippen LogP contribution >= 0.6 is 0 Å². The van der Waals surface area contributed by atoms with Crippen LogP contribution in [-0.4, -0.2) is 11.2 Å². The molecule has 0 unspecified atom stereocenters. The molecule has 0 bridgehead atoms. The van der Waals surface area contributed by atoms with Crippen LogP contribution in [0.15, 0.2) is 53.5 Å². The van der Waals surface area contributed by atoms with Gasteiger partial charge in [0.1, 0.15) is 0 Å². The van der Waals surface area contributed by atoms with Gasteiger partial charge in [0.05, 0.1) is 5.70 Å². The second kappa shape index (κ2) is 9.64. The fourth-order valence-corrected chi connectivity index (χ4v) is 1.45. The molecule has 0 radical (unpaired) electrons. The third-order valence-corrected chi connectivity index (χ3v) is 2.50. The van der Waals surface area contributed by atoms with Gasteiger partial charge in [-0.05, 0) is 39.7 Å². The molecule has 0 aromatic rings. The lowest BCUT2D eigenvalue weighted by Crippen LogP contribution is -2.06. The van der Waals surface area contributed by atoms with Crippen molar-refractivity contribution in [1.29, 1.82) is 0 Å². The van der Waals surface area contributed by atoms with Gasteiger partial charge in [-0.3, -0.25) is 0 Å². The number of allylic oxidation sites excluding steroid dienone is 5. The zero-order chi connectivity index (χ0) is 13.1. The van der Waals surface area contributed by atoms with Gasteiger partial charge < -0.3 is 0 Å². The molecule has 0 heterocycles. The highest BCUT2D eigenvalue weighted by Crippen LogP contribution is 2.11. The van der Waals surface area contributed by atoms with E-state index in [1.807, 2.05) is 19.9 Å². The minimum absolute atomic E-state index is 0.991. The van der Waals surface area contributed by atoms with Gasteiger partial charge in [-0.15, -0.1) is 0 Å². The summed E-state index contributed by atoms with van der Waals surface area (Å²) in [7, 11) is 0. The third-order valence-electron chi connectivity index (χ3n) is 2.50. The molecule has 94 valence electrons. The monoisotopic (exact) mass is 232 g/mol. The van der Waals surface area contributed by atoms with Crippen molar-refractivity contribution < 1.29 is 0 Å². The topological polar surface area (TPSA) is 15.6 Å². The molecule has 0 aromatic carbocycles. The molecule has 0 amide bonds. The van der Waals surface area contributed by atoms with Gasteiger partial charge in [0.15, 0.2) is 0 Å². The van der Waals surface area contributed by atoms with E-state index in [1.54, 1.807) is 17.4 Å². The summed E-state index contributed by atoms with van der Waals surface area (Å²) in [6, 6.07) is 0. The quantitative estimate of drug-likeness (QED) is 0.270. The first kappa shape index (κ1) is 15.4. The van der Waals surface area contributed by atoms with Crippen molar-refractivity contribution >= 4 is 6.21 Å². The summed E-state index contributed by atoms with van der Waals surface area (Å²) < 4.78 is 0. The average molecular weight is 232 g/mol. The summed E-state index contributed by atoms with van der Waals surface area (Å²) in [5.74, 6) is 0. The first-order chi connectivity index (χ1) is 8.23. The minimum atomic E-state index is 0.991. The number of rotatable bonds is 7. The van der Waals surface area contributed by atoms with Crippen LogP contribution in [0.5, 0.6) is 0 Å². The van der Waals surface area contributed by atoms with E-state index in [0.29, 0.717) is 0 Å². The Morgan fingerprint density at radius 2 is 1.94 bits per heavy atom. The van der Waals surface area contributed by atoms with Gasteiger partial charge in [0, 0.05) is 12.4 Å². The van der Waals surface area contributed by atoms with Crippen LogP contribution in [-0.2, 0) is 0 Å². The van der Waals surface area contributed by atoms with Gasteiger partial charge in [-0.2, -0.15) is 5.10 Å². The molecule has 0 aliphatic heterocycles. The largest absolute Gasteiger partial charge is 0.242 e. The lowest BCUT2D eigenvalue weighted by molar-refractivity contribution is 0.517. The predicted octanol–water partition coefficient (Wildman–Crippen LogP) is 4.64. The fourth-order valence-electron chi connectivity index (χ4n) is 1.45. The van der Waals surface area contributed by atoms with Crippen molar-refractivity contribution in [1.82, 2.24) is 5.01 Å². The number of hydrogen-bond acceptors (Lipinski definition) is 2. The van der Waals surface area contributed by atoms with E-state index in [0.717, 1.165) is 18.5 Å². The summed E-state index contributed by atoms with van der Waals surface area (Å²) in [5, 5.41) is 5.97. The fraction of sp³-hybridized carbons (Fsp3) is 0.400. The first-order valence-corrected chi connectivity index (χ1v) is 6.10. The molecule has 0 aliphatic carbocycles. The van der Waals surface area contributed by atoms with Gasteiger partial charge in [-0.25, -0.2) is 5.01 Å². The minimum Gasteiger partial charge on any atom is -0.242 e. The van der Waals surface area contributed by atoms with E-state index < -0.39 is 0 Å². The van der Waals surface area contributed by atoms with Gasteiger partial charge in [0.25, 0.3) is 0 Å². The molecule has 0 fully saturated rings. The van der Waals surface area contributed by atoms with E-state index in [4.69, 9.17) is 0 Å². The van der Waals surface area contributed by atoms with Crippen LogP contribution in [0.3, 0.4) is 0 Å². The number of hydrogen-bond donors (Lipinski definition) is 0. The predicted molar refractivity (Wildman–Crippen MR) is 77.8 cm³/mol. The zero-order valence-corrected chi connectivity index (χ0v) is 11.5. The first-order valence-electron chi connectivity index (χ1n) is 6.10. The smallest absolute Gasteiger partial charge is 0.0599 e. The van der Waals surface area contributed by atoms with Gasteiger partial charge >= 0.3 is 0 Å². The van der Waals surface area contributed by atoms with Crippen LogP contribution in [0, 0.1) is 0 Å². The SMILES string of the molecule is C=CN(/N=C\C)C(/C=C\C/C(=C\C)CC)=C/C. The van der Waals surface area contributed by atoms with Crippen LogP contribution in [0.4, 0.5) is 0 Å². The lowest BCUT2D eigenvalue weighted by Gasteiger charge is -2.14. The molecule has 0 aliphatic rings. The van der Waals surface area contributed by atoms with Crippen molar-refractivity contribution in [2.75, 3.05) is 0 Å². The van der Waals surface area contributed by atoms with Crippen molar-refractivity contribution in [2.24, 2.45) is 5.10 Å². The molecule has 0 spiro atoms. The highest BCUT2D eigenvalue weighted by molar-refractivity contribution is 5.53. The number of nitrogens with zero attached hydrogens (tertiary/aromatic N) is 2. The molecule has 17 heavy (non-hydrogen) atoms. The summed E-state index contributed by atoms with van der Waals surface area (Å²) in [6.07, 6.45) is 14.0. The highest BCUT2D eigenvalue weighted by Gasteiger charge is 1.98. The molecular formula is C15H24N2. The molecule has 0 saturated heterocycles. The Hall–Kier alpha value is -1.57. The summed E-state index contributed by atoms with van der Waals surface area (Å²) in [6.45, 7) is 11.9. The molecule has 2 heteroatoms. The maximum absolute atomic E-state index is 4.21. The van der Waals surface area contributed by atoms with E-state index in [-0.39, 0.29) is 0 Å². The molecule has 0 rings (SSSR count). The van der Waals surface area contributed by atoms with Gasteiger partial charge in [-0.1, -0.05) is 37.3 Å². The van der Waals surface area contributed by atoms with Crippen LogP contribution in [0.1, 0.15) is 40.5 Å². The van der Waals surface area contributed by atoms with E-state index in [1.165, 1.54) is 5.57 Å². The second-order valence-electron chi connectivity index (χ2n) is 3.52. The lowest BCUT2D eigenvalue weighted by atomic mass is 10.1. The Kier molecular flexibility index (Phi) is 8.75. The van der Waals surface area contributed by atoms with Crippen molar-refractivity contribution in [3.63, 3.8) is 0 Å². The standard InChI is InChI=1S/C15H24N2/c1-6-14(7-2)12-11-13-15(8-3)17(10-5)16-9-4/h6,8-11,13H,5,7,12H2,1-4H3/b13-11-,14-6-,15-8+,16-9-. The summed E-state index contributed by atoms with van der Waals surface area (Å²) >= 11 is 0. The molecule has 0 aromatic heterocycles. The maximum atomic E-state index is 4.21. The summed E-state index contributed by atoms with van der Waals surface area (Å²) in [5.41, 5.74) is 2.48. The Labute approximate surface area is 106 Å². The van der Waals surface area contributed by atoms with Crippen molar-refractivity contribution in [3.05, 3.63) is 48.4 Å². The third kappa shape index (κ3) is 5.91. The molecular weight excluding hydrogens is 208 g/mol. The van der Waals surface area contributed by atoms with Crippen molar-refractivity contribution in [3.8, 4) is 0 Å². The molecule has 0 atom stereocenters. The van der Waals surface area contributed by atoms with Crippen LogP contribution in [0.25, 0.3) is 0 Å². The zero-order valence-electron chi connectivity index (χ0n) is 11.5. The molecule has 2 nitrogen and oxygen atoms in total. The van der Waals surface area contributed by atoms with Crippen molar-refractivity contribution in [2.45, 2.75) is 40.5 Å². The Bertz CT molecular complexity index is 333. The van der Waals surface area contributed by atoms with E-state index >= 15 is 0 Å². The normalized spacial score (nSPS) is 13.6. The highest BCUT2D eigenvalue weighted by atomic mass is 15.4. The maximum Gasteiger partial charge on any atom is 0.0599 e. The van der Waals surface area contributed by atoms with E-state index in [9.17, 15) is 0 Å². The molecule has 0 saturated carbocycles. The van der Waals surface area contributed by atoms with E-state index in [2.05, 4.69) is 43.8 Å².